The first kappa shape index (κ1) is 15.1. The summed E-state index contributed by atoms with van der Waals surface area (Å²) in [5, 5.41) is 7.55. The maximum Gasteiger partial charge on any atom is 0.220 e. The van der Waals surface area contributed by atoms with Gasteiger partial charge in [-0.3, -0.25) is 4.79 Å². The fourth-order valence-corrected chi connectivity index (χ4v) is 5.00. The second-order valence-electron chi connectivity index (χ2n) is 6.85. The average molecular weight is 332 g/mol. The molecule has 3 nitrogen and oxygen atoms in total. The van der Waals surface area contributed by atoms with Crippen LogP contribution in [-0.4, -0.2) is 18.0 Å². The summed E-state index contributed by atoms with van der Waals surface area (Å²) >= 11 is 1.61. The molecule has 2 bridgehead atoms. The zero-order valence-corrected chi connectivity index (χ0v) is 13.8. The number of amides is 1. The number of halogens is 1. The summed E-state index contributed by atoms with van der Waals surface area (Å²) in [5.74, 6) is 0.441. The minimum atomic E-state index is -0.216. The van der Waals surface area contributed by atoms with Crippen LogP contribution in [-0.2, 0) is 11.3 Å². The highest BCUT2D eigenvalue weighted by Gasteiger charge is 2.34. The molecule has 1 unspecified atom stereocenters. The molecule has 0 aliphatic carbocycles. The Morgan fingerprint density at radius 1 is 1.26 bits per heavy atom. The summed E-state index contributed by atoms with van der Waals surface area (Å²) in [6, 6.07) is 8.04. The van der Waals surface area contributed by atoms with Gasteiger partial charge < -0.3 is 10.6 Å². The van der Waals surface area contributed by atoms with Crippen LogP contribution in [0.2, 0.25) is 0 Å². The second kappa shape index (κ2) is 6.21. The van der Waals surface area contributed by atoms with Crippen LogP contribution in [0.3, 0.4) is 0 Å². The molecule has 2 aliphatic heterocycles. The summed E-state index contributed by atoms with van der Waals surface area (Å²) in [4.78, 5) is 13.3. The van der Waals surface area contributed by atoms with E-state index < -0.39 is 0 Å². The Morgan fingerprint density at radius 2 is 2.04 bits per heavy atom. The second-order valence-corrected chi connectivity index (χ2v) is 8.02. The summed E-state index contributed by atoms with van der Waals surface area (Å²) in [6.07, 6.45) is 5.43. The molecule has 1 aromatic heterocycles. The monoisotopic (exact) mass is 332 g/mol. The summed E-state index contributed by atoms with van der Waals surface area (Å²) in [5.41, 5.74) is 0. The molecule has 2 fully saturated rings. The van der Waals surface area contributed by atoms with Crippen LogP contribution in [0.5, 0.6) is 0 Å². The van der Waals surface area contributed by atoms with E-state index in [0.717, 1.165) is 27.8 Å². The molecule has 2 aromatic rings. The van der Waals surface area contributed by atoms with E-state index in [1.807, 2.05) is 6.07 Å². The van der Waals surface area contributed by atoms with Gasteiger partial charge in [-0.25, -0.2) is 4.39 Å². The summed E-state index contributed by atoms with van der Waals surface area (Å²) in [6.45, 7) is 0.539. The molecule has 2 aliphatic rings. The van der Waals surface area contributed by atoms with Crippen molar-refractivity contribution in [3.8, 4) is 0 Å². The van der Waals surface area contributed by atoms with E-state index in [4.69, 9.17) is 0 Å². The van der Waals surface area contributed by atoms with E-state index in [2.05, 4.69) is 10.6 Å². The predicted octanol–water partition coefficient (Wildman–Crippen LogP) is 3.58. The van der Waals surface area contributed by atoms with Crippen LogP contribution < -0.4 is 10.6 Å². The normalized spacial score (nSPS) is 26.6. The quantitative estimate of drug-likeness (QED) is 0.898. The van der Waals surface area contributed by atoms with Crippen LogP contribution in [0.25, 0.3) is 10.1 Å². The highest BCUT2D eigenvalue weighted by atomic mass is 32.1. The van der Waals surface area contributed by atoms with Crippen LogP contribution >= 0.6 is 11.3 Å². The number of benzene rings is 1. The van der Waals surface area contributed by atoms with Crippen molar-refractivity contribution in [2.45, 2.75) is 50.7 Å². The number of carbonyl (C=O) groups is 1. The van der Waals surface area contributed by atoms with Gasteiger partial charge in [-0.15, -0.1) is 11.3 Å². The molecule has 1 amide bonds. The Balaban J connectivity index is 1.32. The predicted molar refractivity (Wildman–Crippen MR) is 90.9 cm³/mol. The number of hydrogen-bond acceptors (Lipinski definition) is 3. The van der Waals surface area contributed by atoms with Crippen molar-refractivity contribution in [1.29, 1.82) is 0 Å². The van der Waals surface area contributed by atoms with Crippen molar-refractivity contribution < 1.29 is 9.18 Å². The molecule has 0 radical (unpaired) electrons. The standard InChI is InChI=1S/C18H21FN2OS/c19-13-1-4-17-12(8-13)9-16(23-17)10-20-18(22)7-11-5-14-2-3-15(6-11)21-14/h1,4,8-9,11,14-15,21H,2-3,5-7,10H2,(H,20,22)/t11?,14-,15+. The van der Waals surface area contributed by atoms with E-state index in [9.17, 15) is 9.18 Å². The maximum absolute atomic E-state index is 13.2. The minimum absolute atomic E-state index is 0.139. The Hall–Kier alpha value is -1.46. The molecule has 3 heterocycles. The minimum Gasteiger partial charge on any atom is -0.351 e. The van der Waals surface area contributed by atoms with Gasteiger partial charge in [0.1, 0.15) is 5.82 Å². The number of nitrogens with one attached hydrogen (secondary N) is 2. The molecular weight excluding hydrogens is 311 g/mol. The molecule has 1 aromatic carbocycles. The zero-order chi connectivity index (χ0) is 15.8. The molecule has 5 heteroatoms. The van der Waals surface area contributed by atoms with Gasteiger partial charge in [0.25, 0.3) is 0 Å². The van der Waals surface area contributed by atoms with Crippen molar-refractivity contribution >= 4 is 27.3 Å². The van der Waals surface area contributed by atoms with Gasteiger partial charge in [0.2, 0.25) is 5.91 Å². The van der Waals surface area contributed by atoms with Crippen molar-refractivity contribution in [3.63, 3.8) is 0 Å². The lowest BCUT2D eigenvalue weighted by Crippen LogP contribution is -2.39. The fourth-order valence-electron chi connectivity index (χ4n) is 4.02. The highest BCUT2D eigenvalue weighted by Crippen LogP contribution is 2.32. The summed E-state index contributed by atoms with van der Waals surface area (Å²) < 4.78 is 14.3. The van der Waals surface area contributed by atoms with Crippen molar-refractivity contribution in [2.75, 3.05) is 0 Å². The Kier molecular flexibility index (Phi) is 4.07. The van der Waals surface area contributed by atoms with Gasteiger partial charge in [-0.1, -0.05) is 0 Å². The zero-order valence-electron chi connectivity index (χ0n) is 13.0. The average Bonchev–Trinajstić information content (AvgIpc) is 3.07. The molecule has 23 heavy (non-hydrogen) atoms. The van der Waals surface area contributed by atoms with E-state index in [1.54, 1.807) is 23.5 Å². The van der Waals surface area contributed by atoms with Crippen LogP contribution in [0.4, 0.5) is 4.39 Å². The third-order valence-electron chi connectivity index (χ3n) is 5.03. The highest BCUT2D eigenvalue weighted by molar-refractivity contribution is 7.19. The van der Waals surface area contributed by atoms with E-state index in [0.29, 0.717) is 31.0 Å². The lowest BCUT2D eigenvalue weighted by atomic mass is 9.89. The number of rotatable bonds is 4. The number of thiophene rings is 1. The first-order valence-corrected chi connectivity index (χ1v) is 9.18. The van der Waals surface area contributed by atoms with Crippen molar-refractivity contribution in [3.05, 3.63) is 35.0 Å². The smallest absolute Gasteiger partial charge is 0.220 e. The number of hydrogen-bond donors (Lipinski definition) is 2. The molecule has 2 N–H and O–H groups in total. The molecular formula is C18H21FN2OS. The van der Waals surface area contributed by atoms with E-state index in [-0.39, 0.29) is 11.7 Å². The molecule has 2 saturated heterocycles. The Morgan fingerprint density at radius 3 is 2.83 bits per heavy atom. The third-order valence-corrected chi connectivity index (χ3v) is 6.15. The molecule has 3 atom stereocenters. The van der Waals surface area contributed by atoms with Crippen LogP contribution in [0, 0.1) is 11.7 Å². The van der Waals surface area contributed by atoms with Crippen LogP contribution in [0.15, 0.2) is 24.3 Å². The molecule has 122 valence electrons. The Bertz CT molecular complexity index is 717. The third kappa shape index (κ3) is 3.40. The van der Waals surface area contributed by atoms with Crippen molar-refractivity contribution in [1.82, 2.24) is 10.6 Å². The SMILES string of the molecule is O=C(CC1C[C@H]2CC[C@@H](C1)N2)NCc1cc2cc(F)ccc2s1. The van der Waals surface area contributed by atoms with Crippen molar-refractivity contribution in [2.24, 2.45) is 5.92 Å². The Labute approximate surface area is 139 Å². The number of fused-ring (bicyclic) bond motifs is 3. The van der Waals surface area contributed by atoms with Crippen LogP contribution in [0.1, 0.15) is 37.0 Å². The first-order valence-electron chi connectivity index (χ1n) is 8.36. The van der Waals surface area contributed by atoms with Gasteiger partial charge in [-0.05, 0) is 61.3 Å². The fraction of sp³-hybridized carbons (Fsp3) is 0.500. The van der Waals surface area contributed by atoms with Gasteiger partial charge in [-0.2, -0.15) is 0 Å². The largest absolute Gasteiger partial charge is 0.351 e. The van der Waals surface area contributed by atoms with E-state index >= 15 is 0 Å². The summed E-state index contributed by atoms with van der Waals surface area (Å²) in [7, 11) is 0. The van der Waals surface area contributed by atoms with E-state index in [1.165, 1.54) is 18.9 Å². The lowest BCUT2D eigenvalue weighted by Gasteiger charge is -2.28. The van der Waals surface area contributed by atoms with Gasteiger partial charge >= 0.3 is 0 Å². The van der Waals surface area contributed by atoms with Gasteiger partial charge in [0.05, 0.1) is 6.54 Å². The molecule has 0 saturated carbocycles. The van der Waals surface area contributed by atoms with Gasteiger partial charge in [0.15, 0.2) is 0 Å². The number of carbonyl (C=O) groups excluding carboxylic acids is 1. The molecule has 0 spiro atoms. The maximum atomic E-state index is 13.2. The lowest BCUT2D eigenvalue weighted by molar-refractivity contribution is -0.122. The first-order chi connectivity index (χ1) is 11.2. The molecule has 4 rings (SSSR count). The van der Waals surface area contributed by atoms with Gasteiger partial charge in [0, 0.05) is 28.1 Å². The topological polar surface area (TPSA) is 41.1 Å². The number of piperidine rings is 1.